The minimum atomic E-state index is -4.98. The number of aliphatic hydroxyl groups is 1. The maximum absolute atomic E-state index is 13.4. The number of hydrogen-bond donors (Lipinski definition) is 5. The quantitative estimate of drug-likeness (QED) is 0.0488. The number of aromatic nitrogens is 6. The number of Topliss-reactive ketones (excluding diaryl/α,β-unsaturated/α-hetero) is 1. The van der Waals surface area contributed by atoms with Gasteiger partial charge in [0.25, 0.3) is 0 Å². The Hall–Kier alpha value is -6.94. The van der Waals surface area contributed by atoms with Gasteiger partial charge >= 0.3 is 36.1 Å². The van der Waals surface area contributed by atoms with E-state index < -0.39 is 99.4 Å². The molecule has 0 radical (unpaired) electrons. The molecule has 27 heteroatoms. The molecule has 2 aliphatic rings. The Balaban J connectivity index is 0.000000231. The molecule has 6 aromatic rings. The predicted molar refractivity (Wildman–Crippen MR) is 265 cm³/mol. The highest BCUT2D eigenvalue weighted by atomic mass is 19.4. The molecule has 432 valence electrons. The fourth-order valence-electron chi connectivity index (χ4n) is 10.1. The van der Waals surface area contributed by atoms with Crippen LogP contribution in [0.3, 0.4) is 0 Å². The molecular formula is C53H55F12N9O6. The lowest BCUT2D eigenvalue weighted by atomic mass is 9.74. The SMILES string of the molecule is CC(=NCO)[C@]1(n2cn[nH]c2=O)CC[C@@](CO[C@H](C)c2cc(C(F)(F)F)cc(C(F)(F)F)c2)(c2ccccc2)NC1.CC(=O)[C@]1(n2cn[nH]c2=O)CC[C@@](CO[C@H](C)c2cc(C(F)(F)F)cc(C(F)(F)F)c2)(c2ccccc2)NC1. The molecule has 8 rings (SSSR count). The summed E-state index contributed by atoms with van der Waals surface area (Å²) in [5.41, 5.74) is -9.39. The minimum Gasteiger partial charge on any atom is -0.375 e. The normalized spacial score (nSPS) is 23.0. The third-order valence-electron chi connectivity index (χ3n) is 15.0. The molecule has 0 saturated carbocycles. The van der Waals surface area contributed by atoms with Crippen molar-refractivity contribution >= 4 is 11.5 Å². The van der Waals surface area contributed by atoms with Gasteiger partial charge in [-0.25, -0.2) is 19.8 Å². The maximum Gasteiger partial charge on any atom is 0.416 e. The molecule has 80 heavy (non-hydrogen) atoms. The van der Waals surface area contributed by atoms with Crippen molar-refractivity contribution in [1.29, 1.82) is 0 Å². The topological polar surface area (TPSA) is 194 Å². The van der Waals surface area contributed by atoms with Gasteiger partial charge in [-0.05, 0) is 112 Å². The zero-order chi connectivity index (χ0) is 58.7. The van der Waals surface area contributed by atoms with E-state index in [4.69, 9.17) is 9.47 Å². The number of nitrogens with one attached hydrogen (secondary N) is 4. The molecule has 4 aromatic carbocycles. The summed E-state index contributed by atoms with van der Waals surface area (Å²) in [6.45, 7) is 5.21. The lowest BCUT2D eigenvalue weighted by Crippen LogP contribution is -2.62. The van der Waals surface area contributed by atoms with Crippen molar-refractivity contribution < 1.29 is 72.1 Å². The number of aliphatic imine (C=N–C) groups is 1. The van der Waals surface area contributed by atoms with Crippen LogP contribution in [-0.2, 0) is 61.1 Å². The lowest BCUT2D eigenvalue weighted by molar-refractivity contribution is -0.145. The van der Waals surface area contributed by atoms with Crippen LogP contribution in [0.5, 0.6) is 0 Å². The lowest BCUT2D eigenvalue weighted by Gasteiger charge is -2.48. The zero-order valence-electron chi connectivity index (χ0n) is 43.2. The Bertz CT molecular complexity index is 3160. The number of carbonyl (C=O) groups excluding carboxylic acids is 1. The molecule has 15 nitrogen and oxygen atoms in total. The highest BCUT2D eigenvalue weighted by Crippen LogP contribution is 2.44. The van der Waals surface area contributed by atoms with Gasteiger partial charge in [0, 0.05) is 18.8 Å². The number of halogens is 12. The van der Waals surface area contributed by atoms with Gasteiger partial charge in [0.15, 0.2) is 5.78 Å². The smallest absolute Gasteiger partial charge is 0.375 e. The van der Waals surface area contributed by atoms with E-state index in [0.717, 1.165) is 11.1 Å². The van der Waals surface area contributed by atoms with Crippen LogP contribution >= 0.6 is 0 Å². The second-order valence-corrected chi connectivity index (χ2v) is 19.8. The van der Waals surface area contributed by atoms with Crippen LogP contribution in [0.25, 0.3) is 0 Å². The average Bonchev–Trinajstić information content (AvgIpc) is 4.10. The fraction of sp³-hybridized carbons (Fsp3) is 0.434. The number of ether oxygens (including phenoxy) is 2. The van der Waals surface area contributed by atoms with Gasteiger partial charge in [0.05, 0.1) is 58.8 Å². The third kappa shape index (κ3) is 13.0. The van der Waals surface area contributed by atoms with E-state index in [9.17, 15) is 72.2 Å². The van der Waals surface area contributed by atoms with Crippen molar-refractivity contribution in [3.8, 4) is 0 Å². The molecular weight excluding hydrogens is 1090 g/mol. The van der Waals surface area contributed by atoms with E-state index in [1.165, 1.54) is 42.6 Å². The van der Waals surface area contributed by atoms with Crippen molar-refractivity contribution in [3.05, 3.63) is 175 Å². The highest BCUT2D eigenvalue weighted by molar-refractivity contribution is 5.90. The number of nitrogens with zero attached hydrogens (tertiary/aromatic N) is 5. The predicted octanol–water partition coefficient (Wildman–Crippen LogP) is 9.72. The molecule has 0 aliphatic carbocycles. The van der Waals surface area contributed by atoms with Crippen LogP contribution in [0.2, 0.25) is 0 Å². The largest absolute Gasteiger partial charge is 0.416 e. The van der Waals surface area contributed by atoms with Crippen molar-refractivity contribution in [1.82, 2.24) is 40.2 Å². The first-order valence-corrected chi connectivity index (χ1v) is 24.7. The minimum absolute atomic E-state index is 0.0101. The van der Waals surface area contributed by atoms with Crippen LogP contribution < -0.4 is 22.0 Å². The Morgan fingerprint density at radius 1 is 0.588 bits per heavy atom. The van der Waals surface area contributed by atoms with E-state index in [-0.39, 0.29) is 68.2 Å². The Kier molecular flexibility index (Phi) is 17.7. The summed E-state index contributed by atoms with van der Waals surface area (Å²) in [5, 5.41) is 28.3. The Morgan fingerprint density at radius 3 is 1.23 bits per heavy atom. The zero-order valence-corrected chi connectivity index (χ0v) is 43.2. The molecule has 6 atom stereocenters. The molecule has 2 aromatic heterocycles. The number of aromatic amines is 2. The van der Waals surface area contributed by atoms with Crippen molar-refractivity contribution in [2.24, 2.45) is 4.99 Å². The number of hydrogen-bond acceptors (Lipinski definition) is 11. The number of piperidine rings is 2. The van der Waals surface area contributed by atoms with Gasteiger partial charge in [-0.3, -0.25) is 18.9 Å². The molecule has 5 N–H and O–H groups in total. The van der Waals surface area contributed by atoms with Crippen molar-refractivity contribution in [3.63, 3.8) is 0 Å². The average molecular weight is 1140 g/mol. The van der Waals surface area contributed by atoms with Crippen LogP contribution in [0.1, 0.15) is 110 Å². The van der Waals surface area contributed by atoms with E-state index in [0.29, 0.717) is 42.8 Å². The molecule has 0 bridgehead atoms. The van der Waals surface area contributed by atoms with Crippen LogP contribution in [0, 0.1) is 0 Å². The number of alkyl halides is 12. The molecule has 2 saturated heterocycles. The van der Waals surface area contributed by atoms with E-state index in [1.54, 1.807) is 55.5 Å². The number of ketones is 1. The summed E-state index contributed by atoms with van der Waals surface area (Å²) in [7, 11) is 0. The molecule has 2 fully saturated rings. The molecule has 2 aliphatic heterocycles. The van der Waals surface area contributed by atoms with E-state index >= 15 is 0 Å². The van der Waals surface area contributed by atoms with Crippen molar-refractivity contribution in [2.75, 3.05) is 33.0 Å². The first kappa shape index (κ1) is 60.7. The number of benzene rings is 4. The highest BCUT2D eigenvalue weighted by Gasteiger charge is 2.50. The van der Waals surface area contributed by atoms with Gasteiger partial charge in [-0.15, -0.1) is 0 Å². The number of rotatable bonds is 15. The standard InChI is InChI=1S/C27H29F6N5O3.C26H26F6N4O3/c1-17(19-10-21(26(28,29)30)12-22(11-19)27(31,32)33)41-14-24(20-6-4-3-5-7-20)8-9-25(13-35-24,18(2)34-16-39)38-15-36-37-23(38)40;1-16(18-10-20(25(27,28)29)12-21(11-18)26(30,31)32)39-14-23(19-6-4-3-5-7-19)8-9-24(13-33-23,17(2)37)36-15-34-35-22(36)38/h3-7,10-12,15,17,35,39H,8-9,13-14,16H2,1-2H3,(H,37,40);3-7,10-12,15-16,33H,8-9,13-14H2,1-2H3,(H,35,38)/t17-,24-,25+;16-,23-,24+/m11/s1. The number of H-pyrrole nitrogens is 2. The summed E-state index contributed by atoms with van der Waals surface area (Å²) < 4.78 is 175. The fourth-order valence-corrected chi connectivity index (χ4v) is 10.1. The summed E-state index contributed by atoms with van der Waals surface area (Å²) in [6.07, 6.45) is -18.5. The monoisotopic (exact) mass is 1140 g/mol. The number of carbonyl (C=O) groups is 1. The number of aliphatic hydroxyl groups excluding tert-OH is 1. The van der Waals surface area contributed by atoms with Gasteiger partial charge in [-0.2, -0.15) is 62.9 Å². The second-order valence-electron chi connectivity index (χ2n) is 19.8. The third-order valence-corrected chi connectivity index (χ3v) is 15.0. The Labute approximate surface area is 448 Å². The summed E-state index contributed by atoms with van der Waals surface area (Å²) in [5.74, 6) is -0.280. The van der Waals surface area contributed by atoms with Gasteiger partial charge < -0.3 is 25.2 Å². The maximum atomic E-state index is 13.4. The summed E-state index contributed by atoms with van der Waals surface area (Å²) in [6, 6.07) is 20.8. The van der Waals surface area contributed by atoms with Crippen LogP contribution in [-0.4, -0.2) is 79.2 Å². The Morgan fingerprint density at radius 2 is 0.938 bits per heavy atom. The second kappa shape index (κ2) is 23.3. The molecule has 0 unspecified atom stereocenters. The summed E-state index contributed by atoms with van der Waals surface area (Å²) in [4.78, 5) is 41.7. The van der Waals surface area contributed by atoms with E-state index in [1.807, 2.05) is 12.1 Å². The summed E-state index contributed by atoms with van der Waals surface area (Å²) >= 11 is 0. The van der Waals surface area contributed by atoms with Crippen LogP contribution in [0.15, 0.2) is 124 Å². The van der Waals surface area contributed by atoms with Crippen molar-refractivity contribution in [2.45, 2.75) is 112 Å². The molecule has 0 amide bonds. The first-order valence-electron chi connectivity index (χ1n) is 24.7. The van der Waals surface area contributed by atoms with Gasteiger partial charge in [-0.1, -0.05) is 60.7 Å². The van der Waals surface area contributed by atoms with Crippen LogP contribution in [0.4, 0.5) is 52.7 Å². The van der Waals surface area contributed by atoms with Gasteiger partial charge in [0.1, 0.15) is 30.5 Å². The molecule has 4 heterocycles. The first-order chi connectivity index (χ1) is 37.4. The molecule has 0 spiro atoms. The van der Waals surface area contributed by atoms with E-state index in [2.05, 4.69) is 36.0 Å². The van der Waals surface area contributed by atoms with Gasteiger partial charge in [0.2, 0.25) is 0 Å².